The van der Waals surface area contributed by atoms with Crippen LogP contribution in [0.5, 0.6) is 0 Å². The molecule has 152 valence electrons. The zero-order chi connectivity index (χ0) is 18.6. The SMILES string of the molecule is Cl.Clc1ccc(Cl)c(Nc2nc(N3CCOCC3)nc(N3CCOCC3)n2)c1. The third kappa shape index (κ3) is 5.07. The van der Waals surface area contributed by atoms with Crippen LogP contribution in [0, 0.1) is 0 Å². The summed E-state index contributed by atoms with van der Waals surface area (Å²) in [5.74, 6) is 1.67. The van der Waals surface area contributed by atoms with Crippen molar-refractivity contribution in [2.75, 3.05) is 67.7 Å². The molecule has 11 heteroatoms. The average Bonchev–Trinajstić information content (AvgIpc) is 2.72. The van der Waals surface area contributed by atoms with E-state index >= 15 is 0 Å². The lowest BCUT2D eigenvalue weighted by Gasteiger charge is -2.30. The van der Waals surface area contributed by atoms with Crippen LogP contribution in [0.3, 0.4) is 0 Å². The molecule has 0 radical (unpaired) electrons. The van der Waals surface area contributed by atoms with E-state index in [0.29, 0.717) is 60.0 Å². The molecule has 1 N–H and O–H groups in total. The lowest BCUT2D eigenvalue weighted by Crippen LogP contribution is -2.40. The van der Waals surface area contributed by atoms with Gasteiger partial charge >= 0.3 is 0 Å². The third-order valence-corrected chi connectivity index (χ3v) is 4.94. The summed E-state index contributed by atoms with van der Waals surface area (Å²) in [6.45, 7) is 5.58. The van der Waals surface area contributed by atoms with Crippen molar-refractivity contribution >= 4 is 59.1 Å². The molecule has 28 heavy (non-hydrogen) atoms. The summed E-state index contributed by atoms with van der Waals surface area (Å²) in [5, 5.41) is 4.30. The van der Waals surface area contributed by atoms with Crippen LogP contribution < -0.4 is 15.1 Å². The fourth-order valence-electron chi connectivity index (χ4n) is 2.93. The number of anilines is 4. The standard InChI is InChI=1S/C17H20Cl2N6O2.ClH/c18-12-1-2-13(19)14(11-12)20-15-21-16(24-3-7-26-8-4-24)23-17(22-15)25-5-9-27-10-6-25;/h1-2,11H,3-10H2,(H,20,21,22,23);1H. The topological polar surface area (TPSA) is 75.6 Å². The first kappa shape index (κ1) is 21.1. The van der Waals surface area contributed by atoms with Gasteiger partial charge in [0.05, 0.1) is 37.1 Å². The second-order valence-corrected chi connectivity index (χ2v) is 7.05. The first-order valence-electron chi connectivity index (χ1n) is 8.82. The number of halogens is 3. The highest BCUT2D eigenvalue weighted by molar-refractivity contribution is 6.35. The maximum absolute atomic E-state index is 6.28. The number of morpholine rings is 2. The van der Waals surface area contributed by atoms with E-state index in [1.807, 2.05) is 0 Å². The Hall–Kier alpha value is -1.58. The highest BCUT2D eigenvalue weighted by atomic mass is 35.5. The van der Waals surface area contributed by atoms with Crippen molar-refractivity contribution in [3.63, 3.8) is 0 Å². The molecule has 2 fully saturated rings. The fourth-order valence-corrected chi connectivity index (χ4v) is 3.27. The summed E-state index contributed by atoms with van der Waals surface area (Å²) < 4.78 is 10.9. The molecule has 4 rings (SSSR count). The second kappa shape index (κ2) is 9.76. The van der Waals surface area contributed by atoms with E-state index < -0.39 is 0 Å². The molecular formula is C17H21Cl3N6O2. The Balaban J connectivity index is 0.00000225. The highest BCUT2D eigenvalue weighted by Crippen LogP contribution is 2.28. The lowest BCUT2D eigenvalue weighted by molar-refractivity contribution is 0.121. The van der Waals surface area contributed by atoms with Crippen LogP contribution in [-0.4, -0.2) is 67.6 Å². The maximum Gasteiger partial charge on any atom is 0.233 e. The monoisotopic (exact) mass is 446 g/mol. The number of nitrogens with one attached hydrogen (secondary N) is 1. The van der Waals surface area contributed by atoms with Gasteiger partial charge in [-0.2, -0.15) is 15.0 Å². The minimum absolute atomic E-state index is 0. The molecule has 2 saturated heterocycles. The molecule has 1 aromatic heterocycles. The molecule has 0 unspecified atom stereocenters. The van der Waals surface area contributed by atoms with Crippen molar-refractivity contribution in [2.45, 2.75) is 0 Å². The van der Waals surface area contributed by atoms with Crippen molar-refractivity contribution in [2.24, 2.45) is 0 Å². The molecule has 0 saturated carbocycles. The molecule has 2 aromatic rings. The number of nitrogens with zero attached hydrogens (tertiary/aromatic N) is 5. The summed E-state index contributed by atoms with van der Waals surface area (Å²) in [6, 6.07) is 5.22. The normalized spacial score (nSPS) is 17.2. The van der Waals surface area contributed by atoms with Gasteiger partial charge in [-0.3, -0.25) is 0 Å². The molecule has 8 nitrogen and oxygen atoms in total. The molecule has 3 heterocycles. The number of aromatic nitrogens is 3. The first-order chi connectivity index (χ1) is 13.2. The van der Waals surface area contributed by atoms with Crippen LogP contribution in [0.25, 0.3) is 0 Å². The Morgan fingerprint density at radius 2 is 1.36 bits per heavy atom. The molecule has 0 spiro atoms. The predicted octanol–water partition coefficient (Wildman–Crippen LogP) is 3.02. The minimum atomic E-state index is 0. The predicted molar refractivity (Wildman–Crippen MR) is 113 cm³/mol. The van der Waals surface area contributed by atoms with Crippen LogP contribution in [0.2, 0.25) is 10.0 Å². The summed E-state index contributed by atoms with van der Waals surface area (Å²) in [6.07, 6.45) is 0. The molecule has 1 aromatic carbocycles. The summed E-state index contributed by atoms with van der Waals surface area (Å²) in [4.78, 5) is 18.1. The number of benzene rings is 1. The van der Waals surface area contributed by atoms with Crippen molar-refractivity contribution < 1.29 is 9.47 Å². The van der Waals surface area contributed by atoms with E-state index in [-0.39, 0.29) is 12.4 Å². The van der Waals surface area contributed by atoms with Gasteiger partial charge in [-0.15, -0.1) is 12.4 Å². The van der Waals surface area contributed by atoms with Gasteiger partial charge in [-0.25, -0.2) is 0 Å². The van der Waals surface area contributed by atoms with E-state index in [1.165, 1.54) is 0 Å². The molecule has 0 atom stereocenters. The second-order valence-electron chi connectivity index (χ2n) is 6.21. The van der Waals surface area contributed by atoms with Gasteiger partial charge in [0, 0.05) is 31.2 Å². The van der Waals surface area contributed by atoms with Crippen LogP contribution in [-0.2, 0) is 9.47 Å². The molecule has 0 aliphatic carbocycles. The Kier molecular flexibility index (Phi) is 7.36. The van der Waals surface area contributed by atoms with Gasteiger partial charge in [0.2, 0.25) is 17.8 Å². The lowest BCUT2D eigenvalue weighted by atomic mass is 10.3. The van der Waals surface area contributed by atoms with Gasteiger partial charge < -0.3 is 24.6 Å². The zero-order valence-corrected chi connectivity index (χ0v) is 17.4. The highest BCUT2D eigenvalue weighted by Gasteiger charge is 2.21. The quantitative estimate of drug-likeness (QED) is 0.766. The Labute approximate surface area is 179 Å². The number of ether oxygens (including phenoxy) is 2. The van der Waals surface area contributed by atoms with Crippen LogP contribution >= 0.6 is 35.6 Å². The molecule has 0 bridgehead atoms. The van der Waals surface area contributed by atoms with Crippen molar-refractivity contribution in [3.8, 4) is 0 Å². The van der Waals surface area contributed by atoms with E-state index in [2.05, 4.69) is 30.1 Å². The summed E-state index contributed by atoms with van der Waals surface area (Å²) in [7, 11) is 0. The number of rotatable bonds is 4. The van der Waals surface area contributed by atoms with Crippen LogP contribution in [0.1, 0.15) is 0 Å². The van der Waals surface area contributed by atoms with Gasteiger partial charge in [-0.05, 0) is 18.2 Å². The molecule has 2 aliphatic rings. The van der Waals surface area contributed by atoms with Gasteiger partial charge in [0.25, 0.3) is 0 Å². The molecular weight excluding hydrogens is 427 g/mol. The van der Waals surface area contributed by atoms with Crippen LogP contribution in [0.4, 0.5) is 23.5 Å². The van der Waals surface area contributed by atoms with Crippen molar-refractivity contribution in [1.29, 1.82) is 0 Å². The Bertz CT molecular complexity index is 764. The molecule has 2 aliphatic heterocycles. The zero-order valence-electron chi connectivity index (χ0n) is 15.1. The minimum Gasteiger partial charge on any atom is -0.378 e. The molecule has 0 amide bonds. The number of hydrogen-bond donors (Lipinski definition) is 1. The number of hydrogen-bond acceptors (Lipinski definition) is 8. The smallest absolute Gasteiger partial charge is 0.233 e. The van der Waals surface area contributed by atoms with E-state index in [4.69, 9.17) is 32.7 Å². The van der Waals surface area contributed by atoms with Gasteiger partial charge in [0.15, 0.2) is 0 Å². The first-order valence-corrected chi connectivity index (χ1v) is 9.58. The van der Waals surface area contributed by atoms with Crippen molar-refractivity contribution in [1.82, 2.24) is 15.0 Å². The average molecular weight is 448 g/mol. The fraction of sp³-hybridized carbons (Fsp3) is 0.471. The largest absolute Gasteiger partial charge is 0.378 e. The van der Waals surface area contributed by atoms with E-state index in [0.717, 1.165) is 26.2 Å². The van der Waals surface area contributed by atoms with Gasteiger partial charge in [0.1, 0.15) is 0 Å². The van der Waals surface area contributed by atoms with Gasteiger partial charge in [-0.1, -0.05) is 23.2 Å². The summed E-state index contributed by atoms with van der Waals surface area (Å²) >= 11 is 12.4. The third-order valence-electron chi connectivity index (χ3n) is 4.37. The Morgan fingerprint density at radius 1 is 0.821 bits per heavy atom. The Morgan fingerprint density at radius 3 is 1.89 bits per heavy atom. The maximum atomic E-state index is 6.28. The summed E-state index contributed by atoms with van der Waals surface area (Å²) in [5.41, 5.74) is 0.649. The van der Waals surface area contributed by atoms with E-state index in [9.17, 15) is 0 Å². The van der Waals surface area contributed by atoms with Crippen LogP contribution in [0.15, 0.2) is 18.2 Å². The van der Waals surface area contributed by atoms with Crippen molar-refractivity contribution in [3.05, 3.63) is 28.2 Å². The van der Waals surface area contributed by atoms with E-state index in [1.54, 1.807) is 18.2 Å².